The molecule has 0 N–H and O–H groups in total. The molecule has 0 aliphatic rings. The monoisotopic (exact) mass is 142 g/mol. The average Bonchev–Trinajstić information content (AvgIpc) is 1.63. The van der Waals surface area contributed by atoms with Gasteiger partial charge in [0.15, 0.2) is 5.05 Å². The van der Waals surface area contributed by atoms with Gasteiger partial charge < -0.3 is 4.74 Å². The number of hydrogen-bond acceptors (Lipinski definition) is 2. The lowest BCUT2D eigenvalue weighted by molar-refractivity contribution is 0.425. The number of allylic oxidation sites excluding steroid dienone is 3. The fourth-order valence-corrected chi connectivity index (χ4v) is 0.558. The lowest BCUT2D eigenvalue weighted by Gasteiger charge is -1.99. The molecule has 0 atom stereocenters. The van der Waals surface area contributed by atoms with Crippen molar-refractivity contribution in [2.45, 2.75) is 13.8 Å². The van der Waals surface area contributed by atoms with Crippen molar-refractivity contribution in [3.8, 4) is 0 Å². The van der Waals surface area contributed by atoms with Gasteiger partial charge in [-0.1, -0.05) is 12.7 Å². The molecule has 0 rings (SSSR count). The Morgan fingerprint density at radius 1 is 1.56 bits per heavy atom. The first-order valence-electron chi connectivity index (χ1n) is 2.64. The SMILES string of the molecule is C=C/C=C(\C)OC(C)=S. The Bertz CT molecular complexity index is 147. The Kier molecular flexibility index (Phi) is 3.97. The molecule has 50 valence electrons. The van der Waals surface area contributed by atoms with Crippen LogP contribution in [0, 0.1) is 0 Å². The highest BCUT2D eigenvalue weighted by molar-refractivity contribution is 7.80. The fourth-order valence-electron chi connectivity index (χ4n) is 0.427. The maximum Gasteiger partial charge on any atom is 0.163 e. The van der Waals surface area contributed by atoms with Crippen LogP contribution in [0.3, 0.4) is 0 Å². The van der Waals surface area contributed by atoms with E-state index in [4.69, 9.17) is 4.74 Å². The van der Waals surface area contributed by atoms with Gasteiger partial charge in [-0.3, -0.25) is 0 Å². The van der Waals surface area contributed by atoms with E-state index in [9.17, 15) is 0 Å². The van der Waals surface area contributed by atoms with E-state index in [2.05, 4.69) is 18.8 Å². The van der Waals surface area contributed by atoms with Gasteiger partial charge in [-0.2, -0.15) is 0 Å². The van der Waals surface area contributed by atoms with Crippen molar-refractivity contribution in [1.82, 2.24) is 0 Å². The number of thiocarbonyl (C=S) groups is 1. The van der Waals surface area contributed by atoms with Gasteiger partial charge in [-0.15, -0.1) is 0 Å². The van der Waals surface area contributed by atoms with Gasteiger partial charge in [0, 0.05) is 6.92 Å². The van der Waals surface area contributed by atoms with Gasteiger partial charge >= 0.3 is 0 Å². The Morgan fingerprint density at radius 2 is 2.11 bits per heavy atom. The third-order valence-electron chi connectivity index (χ3n) is 0.657. The van der Waals surface area contributed by atoms with Crippen LogP contribution in [0.15, 0.2) is 24.5 Å². The number of ether oxygens (including phenoxy) is 1. The molecular weight excluding hydrogens is 132 g/mol. The molecule has 0 spiro atoms. The molecule has 0 saturated heterocycles. The molecule has 0 heterocycles. The van der Waals surface area contributed by atoms with Crippen LogP contribution in [0.1, 0.15) is 13.8 Å². The zero-order chi connectivity index (χ0) is 7.28. The van der Waals surface area contributed by atoms with Gasteiger partial charge in [0.1, 0.15) is 5.76 Å². The Balaban J connectivity index is 3.75. The van der Waals surface area contributed by atoms with E-state index in [0.29, 0.717) is 5.05 Å². The molecule has 0 saturated carbocycles. The molecule has 0 unspecified atom stereocenters. The van der Waals surface area contributed by atoms with E-state index in [1.807, 2.05) is 6.92 Å². The smallest absolute Gasteiger partial charge is 0.163 e. The molecule has 0 fully saturated rings. The quantitative estimate of drug-likeness (QED) is 0.333. The molecule has 0 aliphatic heterocycles. The first kappa shape index (κ1) is 8.37. The minimum Gasteiger partial charge on any atom is -0.455 e. The van der Waals surface area contributed by atoms with Gasteiger partial charge in [0.2, 0.25) is 0 Å². The van der Waals surface area contributed by atoms with Crippen LogP contribution in [0.25, 0.3) is 0 Å². The molecule has 2 heteroatoms. The van der Waals surface area contributed by atoms with Gasteiger partial charge in [-0.05, 0) is 25.2 Å². The number of rotatable bonds is 2. The van der Waals surface area contributed by atoms with Crippen LogP contribution < -0.4 is 0 Å². The van der Waals surface area contributed by atoms with Crippen LogP contribution in [0.5, 0.6) is 0 Å². The summed E-state index contributed by atoms with van der Waals surface area (Å²) in [4.78, 5) is 0. The Hall–Kier alpha value is -0.630. The summed E-state index contributed by atoms with van der Waals surface area (Å²) in [5.41, 5.74) is 0. The molecule has 0 amide bonds. The molecule has 0 aliphatic carbocycles. The van der Waals surface area contributed by atoms with Crippen molar-refractivity contribution < 1.29 is 4.74 Å². The topological polar surface area (TPSA) is 9.23 Å². The largest absolute Gasteiger partial charge is 0.455 e. The van der Waals surface area contributed by atoms with Crippen LogP contribution >= 0.6 is 12.2 Å². The van der Waals surface area contributed by atoms with E-state index in [0.717, 1.165) is 5.76 Å². The van der Waals surface area contributed by atoms with Crippen molar-refractivity contribution in [2.75, 3.05) is 0 Å². The summed E-state index contributed by atoms with van der Waals surface area (Å²) in [7, 11) is 0. The lowest BCUT2D eigenvalue weighted by Crippen LogP contribution is -1.91. The van der Waals surface area contributed by atoms with Crippen molar-refractivity contribution in [3.63, 3.8) is 0 Å². The zero-order valence-electron chi connectivity index (χ0n) is 5.68. The first-order valence-corrected chi connectivity index (χ1v) is 3.05. The second kappa shape index (κ2) is 4.27. The standard InChI is InChI=1S/C7H10OS/c1-4-5-6(2)8-7(3)9/h4-5H,1H2,2-3H3/b6-5+. The molecule has 9 heavy (non-hydrogen) atoms. The molecule has 0 aromatic carbocycles. The van der Waals surface area contributed by atoms with Gasteiger partial charge in [0.05, 0.1) is 0 Å². The van der Waals surface area contributed by atoms with Crippen molar-refractivity contribution in [3.05, 3.63) is 24.5 Å². The summed E-state index contributed by atoms with van der Waals surface area (Å²) in [6, 6.07) is 0. The highest BCUT2D eigenvalue weighted by Gasteiger charge is 1.86. The summed E-state index contributed by atoms with van der Waals surface area (Å²) in [6.07, 6.45) is 3.42. The maximum atomic E-state index is 5.01. The first-order chi connectivity index (χ1) is 4.16. The lowest BCUT2D eigenvalue weighted by atomic mass is 10.5. The summed E-state index contributed by atoms with van der Waals surface area (Å²) >= 11 is 4.69. The van der Waals surface area contributed by atoms with Crippen molar-refractivity contribution in [1.29, 1.82) is 0 Å². The Labute approximate surface area is 61.0 Å². The van der Waals surface area contributed by atoms with Crippen LogP contribution in [-0.4, -0.2) is 5.05 Å². The van der Waals surface area contributed by atoms with Crippen LogP contribution in [0.2, 0.25) is 0 Å². The van der Waals surface area contributed by atoms with E-state index >= 15 is 0 Å². The Morgan fingerprint density at radius 3 is 2.44 bits per heavy atom. The van der Waals surface area contributed by atoms with E-state index in [1.54, 1.807) is 19.1 Å². The normalized spacial score (nSPS) is 10.7. The predicted molar refractivity (Wildman–Crippen MR) is 43.3 cm³/mol. The second-order valence-electron chi connectivity index (χ2n) is 1.61. The second-order valence-corrected chi connectivity index (χ2v) is 2.18. The van der Waals surface area contributed by atoms with Crippen molar-refractivity contribution >= 4 is 17.3 Å². The predicted octanol–water partition coefficient (Wildman–Crippen LogP) is 2.44. The maximum absolute atomic E-state index is 5.01. The summed E-state index contributed by atoms with van der Waals surface area (Å²) < 4.78 is 5.01. The highest BCUT2D eigenvalue weighted by Crippen LogP contribution is 1.96. The minimum absolute atomic E-state index is 0.533. The van der Waals surface area contributed by atoms with Gasteiger partial charge in [-0.25, -0.2) is 0 Å². The fraction of sp³-hybridized carbons (Fsp3) is 0.286. The van der Waals surface area contributed by atoms with Crippen molar-refractivity contribution in [2.24, 2.45) is 0 Å². The molecule has 0 aromatic heterocycles. The van der Waals surface area contributed by atoms with Crippen LogP contribution in [-0.2, 0) is 4.74 Å². The number of hydrogen-bond donors (Lipinski definition) is 0. The van der Waals surface area contributed by atoms with E-state index < -0.39 is 0 Å². The summed E-state index contributed by atoms with van der Waals surface area (Å²) in [5, 5.41) is 0.533. The molecular formula is C7H10OS. The minimum atomic E-state index is 0.533. The third-order valence-corrected chi connectivity index (χ3v) is 0.741. The molecule has 0 radical (unpaired) electrons. The van der Waals surface area contributed by atoms with E-state index in [-0.39, 0.29) is 0 Å². The van der Waals surface area contributed by atoms with E-state index in [1.165, 1.54) is 0 Å². The molecule has 1 nitrogen and oxygen atoms in total. The molecule has 0 aromatic rings. The van der Waals surface area contributed by atoms with Crippen LogP contribution in [0.4, 0.5) is 0 Å². The molecule has 0 bridgehead atoms. The summed E-state index contributed by atoms with van der Waals surface area (Å²) in [6.45, 7) is 7.07. The van der Waals surface area contributed by atoms with Gasteiger partial charge in [0.25, 0.3) is 0 Å². The highest BCUT2D eigenvalue weighted by atomic mass is 32.1. The summed E-state index contributed by atoms with van der Waals surface area (Å²) in [5.74, 6) is 0.775. The average molecular weight is 142 g/mol. The zero-order valence-corrected chi connectivity index (χ0v) is 6.49. The third kappa shape index (κ3) is 5.24.